The molecule has 0 radical (unpaired) electrons. The molecule has 0 aliphatic carbocycles. The molecule has 2 aromatic carbocycles. The first-order chi connectivity index (χ1) is 10.0. The Bertz CT molecular complexity index is 593. The summed E-state index contributed by atoms with van der Waals surface area (Å²) in [5.74, 6) is 1.06. The fourth-order valence-electron chi connectivity index (χ4n) is 2.17. The van der Waals surface area contributed by atoms with Crippen LogP contribution in [0.3, 0.4) is 0 Å². The predicted octanol–water partition coefficient (Wildman–Crippen LogP) is 5.02. The SMILES string of the molecule is CNC(C)c1cccc(F)c1Oc1ccc(C(C)C)cc1. The molecule has 0 aromatic heterocycles. The summed E-state index contributed by atoms with van der Waals surface area (Å²) in [5, 5.41) is 3.11. The van der Waals surface area contributed by atoms with Crippen LogP contribution < -0.4 is 10.1 Å². The Labute approximate surface area is 126 Å². The highest BCUT2D eigenvalue weighted by molar-refractivity contribution is 5.41. The second kappa shape index (κ2) is 6.72. The molecule has 0 bridgehead atoms. The minimum atomic E-state index is -0.345. The minimum absolute atomic E-state index is 0.0191. The second-order valence-electron chi connectivity index (χ2n) is 5.49. The van der Waals surface area contributed by atoms with Gasteiger partial charge in [-0.2, -0.15) is 0 Å². The molecule has 2 aromatic rings. The van der Waals surface area contributed by atoms with Crippen LogP contribution in [-0.2, 0) is 0 Å². The molecule has 2 rings (SSSR count). The molecule has 0 saturated carbocycles. The number of nitrogens with one attached hydrogen (secondary N) is 1. The first-order valence-corrected chi connectivity index (χ1v) is 7.26. The maximum absolute atomic E-state index is 14.1. The van der Waals surface area contributed by atoms with Gasteiger partial charge in [-0.05, 0) is 43.7 Å². The largest absolute Gasteiger partial charge is 0.454 e. The molecule has 0 saturated heterocycles. The van der Waals surface area contributed by atoms with Crippen molar-refractivity contribution in [2.24, 2.45) is 0 Å². The van der Waals surface area contributed by atoms with Crippen LogP contribution >= 0.6 is 0 Å². The number of rotatable bonds is 5. The Morgan fingerprint density at radius 1 is 1.00 bits per heavy atom. The fourth-order valence-corrected chi connectivity index (χ4v) is 2.17. The average molecular weight is 287 g/mol. The van der Waals surface area contributed by atoms with Crippen molar-refractivity contribution >= 4 is 0 Å². The van der Waals surface area contributed by atoms with Crippen LogP contribution in [0.1, 0.15) is 43.9 Å². The van der Waals surface area contributed by atoms with Crippen LogP contribution in [0.2, 0.25) is 0 Å². The van der Waals surface area contributed by atoms with Gasteiger partial charge in [0, 0.05) is 11.6 Å². The zero-order valence-corrected chi connectivity index (χ0v) is 13.0. The Hall–Kier alpha value is -1.87. The van der Waals surface area contributed by atoms with Crippen LogP contribution in [0.15, 0.2) is 42.5 Å². The summed E-state index contributed by atoms with van der Waals surface area (Å²) in [6, 6.07) is 12.8. The lowest BCUT2D eigenvalue weighted by Gasteiger charge is -2.17. The predicted molar refractivity (Wildman–Crippen MR) is 84.5 cm³/mol. The van der Waals surface area contributed by atoms with Crippen molar-refractivity contribution in [2.75, 3.05) is 7.05 Å². The van der Waals surface area contributed by atoms with Gasteiger partial charge >= 0.3 is 0 Å². The Morgan fingerprint density at radius 2 is 1.67 bits per heavy atom. The molecule has 1 N–H and O–H groups in total. The zero-order valence-electron chi connectivity index (χ0n) is 13.0. The average Bonchev–Trinajstić information content (AvgIpc) is 2.49. The van der Waals surface area contributed by atoms with Crippen LogP contribution in [0.5, 0.6) is 11.5 Å². The van der Waals surface area contributed by atoms with E-state index < -0.39 is 0 Å². The lowest BCUT2D eigenvalue weighted by molar-refractivity contribution is 0.428. The maximum Gasteiger partial charge on any atom is 0.167 e. The second-order valence-corrected chi connectivity index (χ2v) is 5.49. The zero-order chi connectivity index (χ0) is 15.4. The van der Waals surface area contributed by atoms with Crippen molar-refractivity contribution in [1.82, 2.24) is 5.32 Å². The van der Waals surface area contributed by atoms with E-state index in [0.29, 0.717) is 11.7 Å². The Kier molecular flexibility index (Phi) is 4.97. The molecule has 0 heterocycles. The van der Waals surface area contributed by atoms with Crippen LogP contribution in [0.25, 0.3) is 0 Å². The molecular weight excluding hydrogens is 265 g/mol. The van der Waals surface area contributed by atoms with Crippen molar-refractivity contribution in [3.8, 4) is 11.5 Å². The molecule has 1 unspecified atom stereocenters. The number of halogens is 1. The van der Waals surface area contributed by atoms with Crippen LogP contribution in [0.4, 0.5) is 4.39 Å². The molecule has 0 aliphatic rings. The summed E-state index contributed by atoms with van der Waals surface area (Å²) in [4.78, 5) is 0. The topological polar surface area (TPSA) is 21.3 Å². The summed E-state index contributed by atoms with van der Waals surface area (Å²) in [6.45, 7) is 6.25. The van der Waals surface area contributed by atoms with Crippen molar-refractivity contribution in [3.63, 3.8) is 0 Å². The van der Waals surface area contributed by atoms with E-state index in [2.05, 4.69) is 19.2 Å². The van der Waals surface area contributed by atoms with Gasteiger partial charge in [-0.1, -0.05) is 38.1 Å². The molecule has 21 heavy (non-hydrogen) atoms. The highest BCUT2D eigenvalue weighted by atomic mass is 19.1. The number of ether oxygens (including phenoxy) is 1. The van der Waals surface area contributed by atoms with E-state index in [1.165, 1.54) is 11.6 Å². The third kappa shape index (κ3) is 3.61. The molecule has 2 nitrogen and oxygen atoms in total. The molecule has 112 valence electrons. The number of hydrogen-bond acceptors (Lipinski definition) is 2. The van der Waals surface area contributed by atoms with Crippen molar-refractivity contribution < 1.29 is 9.13 Å². The quantitative estimate of drug-likeness (QED) is 0.833. The molecule has 1 atom stereocenters. The summed E-state index contributed by atoms with van der Waals surface area (Å²) in [5.41, 5.74) is 2.05. The molecule has 0 fully saturated rings. The van der Waals surface area contributed by atoms with Crippen molar-refractivity contribution in [1.29, 1.82) is 0 Å². The first-order valence-electron chi connectivity index (χ1n) is 7.26. The maximum atomic E-state index is 14.1. The van der Waals surface area contributed by atoms with Crippen molar-refractivity contribution in [3.05, 3.63) is 59.4 Å². The number of para-hydroxylation sites is 1. The van der Waals surface area contributed by atoms with Gasteiger partial charge in [-0.15, -0.1) is 0 Å². The monoisotopic (exact) mass is 287 g/mol. The van der Waals surface area contributed by atoms with Gasteiger partial charge in [0.25, 0.3) is 0 Å². The lowest BCUT2D eigenvalue weighted by Crippen LogP contribution is -2.13. The highest BCUT2D eigenvalue weighted by Gasteiger charge is 2.15. The molecule has 0 spiro atoms. The van der Waals surface area contributed by atoms with E-state index >= 15 is 0 Å². The van der Waals surface area contributed by atoms with E-state index in [1.54, 1.807) is 6.07 Å². The standard InChI is InChI=1S/C18H22FNO/c1-12(2)14-8-10-15(11-9-14)21-18-16(13(3)20-4)6-5-7-17(18)19/h5-13,20H,1-4H3. The summed E-state index contributed by atoms with van der Waals surface area (Å²) >= 11 is 0. The highest BCUT2D eigenvalue weighted by Crippen LogP contribution is 2.32. The normalized spacial score (nSPS) is 12.5. The fraction of sp³-hybridized carbons (Fsp3) is 0.333. The van der Waals surface area contributed by atoms with Crippen LogP contribution in [-0.4, -0.2) is 7.05 Å². The minimum Gasteiger partial charge on any atom is -0.454 e. The van der Waals surface area contributed by atoms with Gasteiger partial charge in [-0.25, -0.2) is 4.39 Å². The van der Waals surface area contributed by atoms with Gasteiger partial charge in [0.15, 0.2) is 11.6 Å². The molecule has 0 amide bonds. The molecule has 0 aliphatic heterocycles. The summed E-state index contributed by atoms with van der Waals surface area (Å²) in [7, 11) is 1.84. The number of benzene rings is 2. The Morgan fingerprint density at radius 3 is 2.24 bits per heavy atom. The lowest BCUT2D eigenvalue weighted by atomic mass is 10.0. The third-order valence-electron chi connectivity index (χ3n) is 3.66. The van der Waals surface area contributed by atoms with Crippen molar-refractivity contribution in [2.45, 2.75) is 32.7 Å². The summed E-state index contributed by atoms with van der Waals surface area (Å²) < 4.78 is 19.9. The van der Waals surface area contributed by atoms with Crippen LogP contribution in [0, 0.1) is 5.82 Å². The molecule has 3 heteroatoms. The van der Waals surface area contributed by atoms with E-state index in [0.717, 1.165) is 5.56 Å². The first kappa shape index (κ1) is 15.5. The van der Waals surface area contributed by atoms with E-state index in [9.17, 15) is 4.39 Å². The van der Waals surface area contributed by atoms with Gasteiger partial charge in [0.2, 0.25) is 0 Å². The van der Waals surface area contributed by atoms with Gasteiger partial charge < -0.3 is 10.1 Å². The molecular formula is C18H22FNO. The smallest absolute Gasteiger partial charge is 0.167 e. The van der Waals surface area contributed by atoms with Gasteiger partial charge in [0.05, 0.1) is 0 Å². The third-order valence-corrected chi connectivity index (χ3v) is 3.66. The Balaban J connectivity index is 2.30. The summed E-state index contributed by atoms with van der Waals surface area (Å²) in [6.07, 6.45) is 0. The number of hydrogen-bond donors (Lipinski definition) is 1. The van der Waals surface area contributed by atoms with E-state index in [4.69, 9.17) is 4.74 Å². The van der Waals surface area contributed by atoms with E-state index in [1.807, 2.05) is 44.3 Å². The van der Waals surface area contributed by atoms with E-state index in [-0.39, 0.29) is 17.6 Å². The van der Waals surface area contributed by atoms with Gasteiger partial charge in [-0.3, -0.25) is 0 Å². The van der Waals surface area contributed by atoms with Gasteiger partial charge in [0.1, 0.15) is 5.75 Å².